The molecule has 0 fully saturated rings. The molecule has 0 aliphatic rings. The van der Waals surface area contributed by atoms with Gasteiger partial charge in [-0.3, -0.25) is 4.79 Å². The largest absolute Gasteiger partial charge is 0.321 e. The van der Waals surface area contributed by atoms with Gasteiger partial charge >= 0.3 is 0 Å². The second kappa shape index (κ2) is 5.90. The summed E-state index contributed by atoms with van der Waals surface area (Å²) in [5, 5.41) is 3.01. The van der Waals surface area contributed by atoms with Crippen molar-refractivity contribution in [2.45, 2.75) is 0 Å². The number of hydrogen-bond acceptors (Lipinski definition) is 1. The fourth-order valence-electron chi connectivity index (χ4n) is 1.46. The van der Waals surface area contributed by atoms with Crippen LogP contribution in [-0.2, 0) is 0 Å². The molecule has 0 aliphatic heterocycles. The van der Waals surface area contributed by atoms with Gasteiger partial charge in [-0.05, 0) is 46.3 Å². The minimum Gasteiger partial charge on any atom is -0.321 e. The Bertz CT molecular complexity index is 649. The Labute approximate surface area is 127 Å². The van der Waals surface area contributed by atoms with E-state index in [1.165, 1.54) is 12.1 Å². The number of amides is 1. The monoisotopic (exact) mass is 361 g/mol. The molecule has 0 aliphatic carbocycles. The first kappa shape index (κ1) is 14.3. The summed E-state index contributed by atoms with van der Waals surface area (Å²) < 4.78 is 13.5. The molecule has 2 aromatic carbocycles. The molecule has 0 saturated heterocycles. The predicted octanol–water partition coefficient (Wildman–Crippen LogP) is 5.15. The first-order valence-corrected chi connectivity index (χ1v) is 6.74. The van der Waals surface area contributed by atoms with Crippen molar-refractivity contribution < 1.29 is 9.18 Å². The molecular weight excluding hydrogens is 356 g/mol. The number of halogens is 4. The van der Waals surface area contributed by atoms with Crippen molar-refractivity contribution in [3.63, 3.8) is 0 Å². The molecule has 0 bridgehead atoms. The third-order valence-corrected chi connectivity index (χ3v) is 3.98. The lowest BCUT2D eigenvalue weighted by Gasteiger charge is -2.09. The average Bonchev–Trinajstić information content (AvgIpc) is 2.36. The van der Waals surface area contributed by atoms with Crippen LogP contribution in [0.25, 0.3) is 0 Å². The van der Waals surface area contributed by atoms with Crippen molar-refractivity contribution in [2.24, 2.45) is 0 Å². The molecule has 0 spiro atoms. The van der Waals surface area contributed by atoms with Gasteiger partial charge in [0, 0.05) is 4.47 Å². The van der Waals surface area contributed by atoms with Gasteiger partial charge in [-0.2, -0.15) is 0 Å². The summed E-state index contributed by atoms with van der Waals surface area (Å²) in [6.45, 7) is 0. The molecule has 0 atom stereocenters. The molecule has 0 saturated carbocycles. The molecule has 98 valence electrons. The first-order chi connectivity index (χ1) is 8.99. The van der Waals surface area contributed by atoms with Crippen molar-refractivity contribution in [1.29, 1.82) is 0 Å². The van der Waals surface area contributed by atoms with Gasteiger partial charge in [-0.15, -0.1) is 0 Å². The first-order valence-electron chi connectivity index (χ1n) is 5.19. The highest BCUT2D eigenvalue weighted by atomic mass is 79.9. The van der Waals surface area contributed by atoms with Gasteiger partial charge in [0.2, 0.25) is 0 Å². The number of carbonyl (C=O) groups is 1. The fourth-order valence-corrected chi connectivity index (χ4v) is 2.25. The molecule has 1 amide bonds. The molecule has 0 unspecified atom stereocenters. The van der Waals surface area contributed by atoms with Gasteiger partial charge in [-0.25, -0.2) is 4.39 Å². The lowest BCUT2D eigenvalue weighted by Crippen LogP contribution is -2.13. The minimum absolute atomic E-state index is 0.125. The van der Waals surface area contributed by atoms with Crippen LogP contribution in [0.2, 0.25) is 10.0 Å². The number of benzene rings is 2. The fraction of sp³-hybridized carbons (Fsp3) is 0. The number of anilines is 1. The van der Waals surface area contributed by atoms with Gasteiger partial charge in [-0.1, -0.05) is 29.3 Å². The Morgan fingerprint density at radius 3 is 2.63 bits per heavy atom. The molecule has 0 aromatic heterocycles. The zero-order valence-corrected chi connectivity index (χ0v) is 12.5. The third kappa shape index (κ3) is 3.26. The molecule has 2 rings (SSSR count). The summed E-state index contributed by atoms with van der Waals surface area (Å²) in [5.41, 5.74) is 0.626. The van der Waals surface area contributed by atoms with Gasteiger partial charge in [0.25, 0.3) is 5.91 Å². The number of nitrogens with one attached hydrogen (secondary N) is 1. The molecule has 0 heterocycles. The SMILES string of the molecule is O=C(Nc1ccc(F)cc1Cl)c1cccc(Br)c1Cl. The topological polar surface area (TPSA) is 29.1 Å². The maximum Gasteiger partial charge on any atom is 0.257 e. The summed E-state index contributed by atoms with van der Waals surface area (Å²) >= 11 is 15.1. The maximum atomic E-state index is 12.9. The van der Waals surface area contributed by atoms with E-state index in [9.17, 15) is 9.18 Å². The quantitative estimate of drug-likeness (QED) is 0.786. The summed E-state index contributed by atoms with van der Waals surface area (Å²) in [7, 11) is 0. The Morgan fingerprint density at radius 2 is 1.95 bits per heavy atom. The zero-order valence-electron chi connectivity index (χ0n) is 9.38. The normalized spacial score (nSPS) is 10.3. The summed E-state index contributed by atoms with van der Waals surface area (Å²) in [5.74, 6) is -0.886. The van der Waals surface area contributed by atoms with E-state index in [-0.39, 0.29) is 5.02 Å². The van der Waals surface area contributed by atoms with Crippen molar-refractivity contribution >= 4 is 50.7 Å². The van der Waals surface area contributed by atoms with E-state index in [0.29, 0.717) is 20.7 Å². The van der Waals surface area contributed by atoms with Crippen LogP contribution >= 0.6 is 39.1 Å². The van der Waals surface area contributed by atoms with E-state index in [2.05, 4.69) is 21.2 Å². The van der Waals surface area contributed by atoms with Crippen molar-refractivity contribution in [3.05, 3.63) is 62.3 Å². The van der Waals surface area contributed by atoms with E-state index in [0.717, 1.165) is 6.07 Å². The highest BCUT2D eigenvalue weighted by Gasteiger charge is 2.14. The Balaban J connectivity index is 2.28. The second-order valence-electron chi connectivity index (χ2n) is 3.68. The Morgan fingerprint density at radius 1 is 1.21 bits per heavy atom. The van der Waals surface area contributed by atoms with E-state index in [4.69, 9.17) is 23.2 Å². The Kier molecular flexibility index (Phi) is 4.45. The van der Waals surface area contributed by atoms with Crippen LogP contribution in [0.4, 0.5) is 10.1 Å². The maximum absolute atomic E-state index is 12.9. The number of rotatable bonds is 2. The number of hydrogen-bond donors (Lipinski definition) is 1. The summed E-state index contributed by atoms with van der Waals surface area (Å²) in [4.78, 5) is 12.1. The van der Waals surface area contributed by atoms with Crippen LogP contribution < -0.4 is 5.32 Å². The van der Waals surface area contributed by atoms with Crippen LogP contribution in [0.1, 0.15) is 10.4 Å². The zero-order chi connectivity index (χ0) is 14.0. The van der Waals surface area contributed by atoms with Crippen molar-refractivity contribution in [2.75, 3.05) is 5.32 Å². The molecular formula is C13H7BrCl2FNO. The van der Waals surface area contributed by atoms with Crippen LogP contribution in [-0.4, -0.2) is 5.91 Å². The lowest BCUT2D eigenvalue weighted by molar-refractivity contribution is 0.102. The smallest absolute Gasteiger partial charge is 0.257 e. The molecule has 2 nitrogen and oxygen atoms in total. The highest BCUT2D eigenvalue weighted by molar-refractivity contribution is 9.10. The van der Waals surface area contributed by atoms with E-state index in [1.54, 1.807) is 18.2 Å². The molecule has 19 heavy (non-hydrogen) atoms. The molecule has 6 heteroatoms. The van der Waals surface area contributed by atoms with Crippen LogP contribution in [0, 0.1) is 5.82 Å². The van der Waals surface area contributed by atoms with Crippen LogP contribution in [0.3, 0.4) is 0 Å². The Hall–Kier alpha value is -1.10. The standard InChI is InChI=1S/C13H7BrCl2FNO/c14-9-3-1-2-8(12(9)16)13(19)18-11-5-4-7(17)6-10(11)15/h1-6H,(H,18,19). The van der Waals surface area contributed by atoms with Crippen molar-refractivity contribution in [3.8, 4) is 0 Å². The number of carbonyl (C=O) groups excluding carboxylic acids is 1. The molecule has 2 aromatic rings. The highest BCUT2D eigenvalue weighted by Crippen LogP contribution is 2.28. The molecule has 1 N–H and O–H groups in total. The summed E-state index contributed by atoms with van der Waals surface area (Å²) in [6, 6.07) is 8.73. The molecule has 0 radical (unpaired) electrons. The third-order valence-electron chi connectivity index (χ3n) is 2.38. The van der Waals surface area contributed by atoms with E-state index >= 15 is 0 Å². The summed E-state index contributed by atoms with van der Waals surface area (Å²) in [6.07, 6.45) is 0. The van der Waals surface area contributed by atoms with Gasteiger partial charge in [0.15, 0.2) is 0 Å². The van der Waals surface area contributed by atoms with Crippen molar-refractivity contribution in [1.82, 2.24) is 0 Å². The second-order valence-corrected chi connectivity index (χ2v) is 5.32. The van der Waals surface area contributed by atoms with E-state index in [1.807, 2.05) is 0 Å². The van der Waals surface area contributed by atoms with Crippen LogP contribution in [0.15, 0.2) is 40.9 Å². The van der Waals surface area contributed by atoms with Gasteiger partial charge in [0.1, 0.15) is 5.82 Å². The predicted molar refractivity (Wildman–Crippen MR) is 78.5 cm³/mol. The van der Waals surface area contributed by atoms with E-state index < -0.39 is 11.7 Å². The minimum atomic E-state index is -0.469. The lowest BCUT2D eigenvalue weighted by atomic mass is 10.2. The van der Waals surface area contributed by atoms with Gasteiger partial charge in [0.05, 0.1) is 21.3 Å². The van der Waals surface area contributed by atoms with Crippen LogP contribution in [0.5, 0.6) is 0 Å². The van der Waals surface area contributed by atoms with Gasteiger partial charge < -0.3 is 5.32 Å². The average molecular weight is 363 g/mol.